The fourth-order valence-corrected chi connectivity index (χ4v) is 5.11. The molecule has 2 aromatic rings. The number of hydrogen-bond donors (Lipinski definition) is 0. The van der Waals surface area contributed by atoms with Crippen LogP contribution in [0.25, 0.3) is 11.0 Å². The molecule has 0 unspecified atom stereocenters. The van der Waals surface area contributed by atoms with Crippen molar-refractivity contribution < 1.29 is 9.21 Å². The van der Waals surface area contributed by atoms with Crippen molar-refractivity contribution in [3.8, 4) is 0 Å². The number of aryl methyl sites for hydroxylation is 1. The highest BCUT2D eigenvalue weighted by Gasteiger charge is 2.38. The number of carbonyl (C=O) groups excluding carboxylic acids is 1. The number of benzene rings is 1. The van der Waals surface area contributed by atoms with Crippen LogP contribution in [0.5, 0.6) is 0 Å². The summed E-state index contributed by atoms with van der Waals surface area (Å²) < 4.78 is 5.85. The number of fused-ring (bicyclic) bond motifs is 5. The minimum absolute atomic E-state index is 0.146. The van der Waals surface area contributed by atoms with E-state index in [9.17, 15) is 4.79 Å². The topological polar surface area (TPSA) is 36.7 Å². The van der Waals surface area contributed by atoms with E-state index in [0.29, 0.717) is 12.0 Å². The Bertz CT molecular complexity index is 823. The second-order valence-electron chi connectivity index (χ2n) is 8.64. The van der Waals surface area contributed by atoms with E-state index in [1.165, 1.54) is 45.2 Å². The van der Waals surface area contributed by atoms with Crippen LogP contribution < -0.4 is 0 Å². The van der Waals surface area contributed by atoms with Gasteiger partial charge >= 0.3 is 0 Å². The maximum absolute atomic E-state index is 13.3. The largest absolute Gasteiger partial charge is 0.461 e. The highest BCUT2D eigenvalue weighted by atomic mass is 16.3. The molecule has 0 spiro atoms. The molecule has 2 bridgehead atoms. The zero-order chi connectivity index (χ0) is 17.7. The van der Waals surface area contributed by atoms with E-state index in [1.807, 2.05) is 31.2 Å². The Balaban J connectivity index is 1.38. The van der Waals surface area contributed by atoms with Crippen LogP contribution in [0.1, 0.15) is 48.2 Å². The van der Waals surface area contributed by atoms with Gasteiger partial charge in [-0.1, -0.05) is 18.6 Å². The predicted octanol–water partition coefficient (Wildman–Crippen LogP) is 4.08. The number of hydrogen-bond acceptors (Lipinski definition) is 3. The van der Waals surface area contributed by atoms with Crippen molar-refractivity contribution in [1.29, 1.82) is 0 Å². The fraction of sp³-hybridized carbons (Fsp3) is 0.591. The van der Waals surface area contributed by atoms with Gasteiger partial charge in [0.1, 0.15) is 11.3 Å². The lowest BCUT2D eigenvalue weighted by molar-refractivity contribution is 0.0718. The Kier molecular flexibility index (Phi) is 4.04. The summed E-state index contributed by atoms with van der Waals surface area (Å²) in [4.78, 5) is 18.1. The van der Waals surface area contributed by atoms with Gasteiger partial charge in [-0.3, -0.25) is 9.69 Å². The number of nitrogens with zero attached hydrogens (tertiary/aromatic N) is 2. The van der Waals surface area contributed by atoms with Gasteiger partial charge in [0.25, 0.3) is 5.91 Å². The van der Waals surface area contributed by atoms with E-state index < -0.39 is 0 Å². The summed E-state index contributed by atoms with van der Waals surface area (Å²) in [5.41, 5.74) is 1.47. The smallest absolute Gasteiger partial charge is 0.257 e. The first-order valence-corrected chi connectivity index (χ1v) is 10.2. The predicted molar refractivity (Wildman–Crippen MR) is 102 cm³/mol. The van der Waals surface area contributed by atoms with E-state index in [1.54, 1.807) is 0 Å². The second-order valence-corrected chi connectivity index (χ2v) is 8.64. The SMILES string of the molecule is Cc1cc2cccc(C(=O)N3C[C@H]4CC[C@@H](C3)N(CC3CCC3)C4)c2o1. The molecule has 1 aromatic heterocycles. The lowest BCUT2D eigenvalue weighted by atomic mass is 9.83. The van der Waals surface area contributed by atoms with Crippen molar-refractivity contribution >= 4 is 16.9 Å². The summed E-state index contributed by atoms with van der Waals surface area (Å²) in [6.45, 7) is 6.13. The molecular weight excluding hydrogens is 324 g/mol. The minimum atomic E-state index is 0.146. The van der Waals surface area contributed by atoms with Crippen LogP contribution in [0.2, 0.25) is 0 Å². The van der Waals surface area contributed by atoms with Crippen molar-refractivity contribution in [3.05, 3.63) is 35.6 Å². The molecular formula is C22H28N2O2. The van der Waals surface area contributed by atoms with Gasteiger partial charge in [0.05, 0.1) is 5.56 Å². The summed E-state index contributed by atoms with van der Waals surface area (Å²) in [7, 11) is 0. The molecule has 6 rings (SSSR count). The van der Waals surface area contributed by atoms with Crippen molar-refractivity contribution in [1.82, 2.24) is 9.80 Å². The molecule has 4 heteroatoms. The molecule has 138 valence electrons. The molecule has 4 fully saturated rings. The van der Waals surface area contributed by atoms with Crippen LogP contribution in [-0.4, -0.2) is 47.9 Å². The summed E-state index contributed by atoms with van der Waals surface area (Å²) >= 11 is 0. The van der Waals surface area contributed by atoms with Crippen LogP contribution in [0.4, 0.5) is 0 Å². The van der Waals surface area contributed by atoms with E-state index in [-0.39, 0.29) is 5.91 Å². The number of furan rings is 1. The molecule has 1 saturated carbocycles. The summed E-state index contributed by atoms with van der Waals surface area (Å²) in [6, 6.07) is 8.47. The number of amides is 1. The molecule has 0 radical (unpaired) electrons. The average molecular weight is 352 g/mol. The molecule has 3 saturated heterocycles. The molecule has 26 heavy (non-hydrogen) atoms. The number of para-hydroxylation sites is 1. The van der Waals surface area contributed by atoms with Gasteiger partial charge in [0.15, 0.2) is 0 Å². The van der Waals surface area contributed by atoms with Crippen LogP contribution in [0.15, 0.2) is 28.7 Å². The van der Waals surface area contributed by atoms with E-state index in [0.717, 1.165) is 41.3 Å². The first-order valence-electron chi connectivity index (χ1n) is 10.2. The lowest BCUT2D eigenvalue weighted by Gasteiger charge is -2.40. The molecule has 4 aliphatic rings. The van der Waals surface area contributed by atoms with Gasteiger partial charge in [-0.25, -0.2) is 0 Å². The zero-order valence-corrected chi connectivity index (χ0v) is 15.6. The van der Waals surface area contributed by atoms with Crippen LogP contribution in [0.3, 0.4) is 0 Å². The number of piperidine rings is 1. The minimum Gasteiger partial charge on any atom is -0.461 e. The Morgan fingerprint density at radius 3 is 2.85 bits per heavy atom. The van der Waals surface area contributed by atoms with E-state index >= 15 is 0 Å². The molecule has 0 N–H and O–H groups in total. The van der Waals surface area contributed by atoms with Crippen molar-refractivity contribution in [2.45, 2.75) is 45.1 Å². The Hall–Kier alpha value is -1.81. The standard InChI is InChI=1S/C22H28N2O2/c1-15-10-18-6-3-7-20(21(18)26-15)22(25)24-13-17-8-9-19(14-24)23(12-17)11-16-4-2-5-16/h3,6-7,10,16-17,19H,2,4-5,8-9,11-14H2,1H3/t17-,19-/m0/s1. The van der Waals surface area contributed by atoms with Gasteiger partial charge < -0.3 is 9.32 Å². The molecule has 1 amide bonds. The van der Waals surface area contributed by atoms with Gasteiger partial charge in [0, 0.05) is 37.6 Å². The highest BCUT2D eigenvalue weighted by molar-refractivity contribution is 6.05. The monoisotopic (exact) mass is 352 g/mol. The Morgan fingerprint density at radius 2 is 2.04 bits per heavy atom. The zero-order valence-electron chi connectivity index (χ0n) is 15.6. The maximum Gasteiger partial charge on any atom is 0.257 e. The quantitative estimate of drug-likeness (QED) is 0.835. The third kappa shape index (κ3) is 2.84. The molecule has 4 nitrogen and oxygen atoms in total. The summed E-state index contributed by atoms with van der Waals surface area (Å²) in [5, 5.41) is 1.03. The first kappa shape index (κ1) is 16.4. The lowest BCUT2D eigenvalue weighted by Crippen LogP contribution is -2.47. The molecule has 1 aliphatic carbocycles. The Labute approximate surface area is 155 Å². The third-order valence-electron chi connectivity index (χ3n) is 6.73. The highest BCUT2D eigenvalue weighted by Crippen LogP contribution is 2.34. The average Bonchev–Trinajstić information content (AvgIpc) is 2.77. The van der Waals surface area contributed by atoms with Gasteiger partial charge in [-0.15, -0.1) is 0 Å². The van der Waals surface area contributed by atoms with E-state index in [4.69, 9.17) is 4.42 Å². The second kappa shape index (κ2) is 6.41. The number of carbonyl (C=O) groups is 1. The van der Waals surface area contributed by atoms with Crippen LogP contribution in [0, 0.1) is 18.8 Å². The Morgan fingerprint density at radius 1 is 1.15 bits per heavy atom. The van der Waals surface area contributed by atoms with Crippen molar-refractivity contribution in [2.24, 2.45) is 11.8 Å². The maximum atomic E-state index is 13.3. The molecule has 1 aromatic carbocycles. The summed E-state index contributed by atoms with van der Waals surface area (Å²) in [5.74, 6) is 2.53. The van der Waals surface area contributed by atoms with Crippen molar-refractivity contribution in [3.63, 3.8) is 0 Å². The van der Waals surface area contributed by atoms with E-state index in [2.05, 4.69) is 9.80 Å². The first-order chi connectivity index (χ1) is 12.7. The normalized spacial score (nSPS) is 26.9. The molecule has 2 atom stereocenters. The van der Waals surface area contributed by atoms with Crippen LogP contribution >= 0.6 is 0 Å². The molecule has 4 heterocycles. The van der Waals surface area contributed by atoms with Crippen molar-refractivity contribution in [2.75, 3.05) is 26.2 Å². The van der Waals surface area contributed by atoms with Gasteiger partial charge in [0.2, 0.25) is 0 Å². The number of rotatable bonds is 3. The van der Waals surface area contributed by atoms with Gasteiger partial charge in [-0.05, 0) is 56.6 Å². The summed E-state index contributed by atoms with van der Waals surface area (Å²) in [6.07, 6.45) is 6.71. The third-order valence-corrected chi connectivity index (χ3v) is 6.73. The molecule has 3 aliphatic heterocycles. The fourth-order valence-electron chi connectivity index (χ4n) is 5.11. The van der Waals surface area contributed by atoms with Gasteiger partial charge in [-0.2, -0.15) is 0 Å². The van der Waals surface area contributed by atoms with Crippen LogP contribution in [-0.2, 0) is 0 Å².